The first-order chi connectivity index (χ1) is 10.3. The van der Waals surface area contributed by atoms with Gasteiger partial charge in [0.25, 0.3) is 0 Å². The molecule has 0 aliphatic rings. The SMILES string of the molecule is OC(CSc1ccccc1)Cc1ccc2ccccc2n1. The van der Waals surface area contributed by atoms with E-state index < -0.39 is 0 Å². The second-order valence-corrected chi connectivity index (χ2v) is 6.07. The molecule has 0 saturated carbocycles. The van der Waals surface area contributed by atoms with Crippen molar-refractivity contribution in [3.63, 3.8) is 0 Å². The predicted octanol–water partition coefficient (Wildman–Crippen LogP) is 3.93. The zero-order valence-electron chi connectivity index (χ0n) is 11.6. The van der Waals surface area contributed by atoms with Crippen LogP contribution in [0.25, 0.3) is 10.9 Å². The lowest BCUT2D eigenvalue weighted by molar-refractivity contribution is 0.199. The van der Waals surface area contributed by atoms with Gasteiger partial charge in [-0.15, -0.1) is 11.8 Å². The van der Waals surface area contributed by atoms with Gasteiger partial charge in [0.15, 0.2) is 0 Å². The molecule has 0 spiro atoms. The van der Waals surface area contributed by atoms with Crippen molar-refractivity contribution in [1.29, 1.82) is 0 Å². The van der Waals surface area contributed by atoms with Gasteiger partial charge in [0.2, 0.25) is 0 Å². The summed E-state index contributed by atoms with van der Waals surface area (Å²) in [6.07, 6.45) is 0.203. The van der Waals surface area contributed by atoms with Crippen molar-refractivity contribution in [3.05, 3.63) is 72.4 Å². The van der Waals surface area contributed by atoms with E-state index in [-0.39, 0.29) is 6.10 Å². The highest BCUT2D eigenvalue weighted by Crippen LogP contribution is 2.19. The Hall–Kier alpha value is -1.84. The summed E-state index contributed by atoms with van der Waals surface area (Å²) in [7, 11) is 0. The lowest BCUT2D eigenvalue weighted by atomic mass is 10.1. The number of hydrogen-bond acceptors (Lipinski definition) is 3. The largest absolute Gasteiger partial charge is 0.392 e. The maximum atomic E-state index is 10.2. The summed E-state index contributed by atoms with van der Waals surface area (Å²) in [4.78, 5) is 5.78. The molecule has 3 heteroatoms. The highest BCUT2D eigenvalue weighted by molar-refractivity contribution is 7.99. The molecule has 0 aliphatic heterocycles. The minimum absolute atomic E-state index is 0.385. The quantitative estimate of drug-likeness (QED) is 0.724. The number of para-hydroxylation sites is 1. The molecule has 1 heterocycles. The van der Waals surface area contributed by atoms with Gasteiger partial charge in [-0.2, -0.15) is 0 Å². The molecule has 1 unspecified atom stereocenters. The van der Waals surface area contributed by atoms with Crippen LogP contribution in [0.3, 0.4) is 0 Å². The number of aliphatic hydroxyl groups is 1. The van der Waals surface area contributed by atoms with Crippen molar-refractivity contribution in [2.24, 2.45) is 0 Å². The maximum absolute atomic E-state index is 10.2. The fourth-order valence-electron chi connectivity index (χ4n) is 2.23. The van der Waals surface area contributed by atoms with Crippen molar-refractivity contribution in [2.45, 2.75) is 17.4 Å². The second-order valence-electron chi connectivity index (χ2n) is 4.98. The first-order valence-electron chi connectivity index (χ1n) is 7.02. The normalized spacial score (nSPS) is 12.4. The zero-order valence-corrected chi connectivity index (χ0v) is 12.5. The molecule has 1 atom stereocenters. The van der Waals surface area contributed by atoms with E-state index in [2.05, 4.69) is 23.2 Å². The van der Waals surface area contributed by atoms with Crippen LogP contribution < -0.4 is 0 Å². The van der Waals surface area contributed by atoms with Crippen molar-refractivity contribution < 1.29 is 5.11 Å². The summed E-state index contributed by atoms with van der Waals surface area (Å²) in [6.45, 7) is 0. The van der Waals surface area contributed by atoms with Crippen molar-refractivity contribution in [2.75, 3.05) is 5.75 Å². The van der Waals surface area contributed by atoms with E-state index in [0.717, 1.165) is 16.6 Å². The lowest BCUT2D eigenvalue weighted by Gasteiger charge is -2.10. The minimum atomic E-state index is -0.385. The number of rotatable bonds is 5. The molecule has 0 radical (unpaired) electrons. The van der Waals surface area contributed by atoms with Gasteiger partial charge in [0.05, 0.1) is 11.6 Å². The number of nitrogens with zero attached hydrogens (tertiary/aromatic N) is 1. The molecule has 1 N–H and O–H groups in total. The van der Waals surface area contributed by atoms with Crippen LogP contribution in [0.1, 0.15) is 5.69 Å². The lowest BCUT2D eigenvalue weighted by Crippen LogP contribution is -2.14. The van der Waals surface area contributed by atoms with E-state index in [1.807, 2.05) is 48.5 Å². The summed E-state index contributed by atoms with van der Waals surface area (Å²) in [5, 5.41) is 11.3. The highest BCUT2D eigenvalue weighted by Gasteiger charge is 2.08. The molecule has 106 valence electrons. The predicted molar refractivity (Wildman–Crippen MR) is 88.6 cm³/mol. The number of aromatic nitrogens is 1. The Kier molecular flexibility index (Phi) is 4.53. The van der Waals surface area contributed by atoms with Crippen LogP contribution in [0, 0.1) is 0 Å². The van der Waals surface area contributed by atoms with Gasteiger partial charge in [-0.1, -0.05) is 42.5 Å². The Morgan fingerprint density at radius 2 is 1.67 bits per heavy atom. The molecular weight excluding hydrogens is 278 g/mol. The fraction of sp³-hybridized carbons (Fsp3) is 0.167. The first-order valence-corrected chi connectivity index (χ1v) is 8.00. The van der Waals surface area contributed by atoms with E-state index in [4.69, 9.17) is 0 Å². The van der Waals surface area contributed by atoms with E-state index in [1.165, 1.54) is 4.90 Å². The smallest absolute Gasteiger partial charge is 0.0705 e. The van der Waals surface area contributed by atoms with Gasteiger partial charge >= 0.3 is 0 Å². The van der Waals surface area contributed by atoms with Crippen LogP contribution in [0.4, 0.5) is 0 Å². The number of hydrogen-bond donors (Lipinski definition) is 1. The number of aliphatic hydroxyl groups excluding tert-OH is 1. The molecule has 0 fully saturated rings. The summed E-state index contributed by atoms with van der Waals surface area (Å²) >= 11 is 1.67. The van der Waals surface area contributed by atoms with Gasteiger partial charge in [-0.25, -0.2) is 0 Å². The van der Waals surface area contributed by atoms with Crippen LogP contribution in [-0.4, -0.2) is 21.9 Å². The van der Waals surface area contributed by atoms with Crippen LogP contribution in [0.2, 0.25) is 0 Å². The summed E-state index contributed by atoms with van der Waals surface area (Å²) in [6, 6.07) is 22.3. The number of fused-ring (bicyclic) bond motifs is 1. The molecule has 1 aromatic heterocycles. The van der Waals surface area contributed by atoms with Crippen LogP contribution in [0.5, 0.6) is 0 Å². The van der Waals surface area contributed by atoms with Crippen LogP contribution >= 0.6 is 11.8 Å². The highest BCUT2D eigenvalue weighted by atomic mass is 32.2. The molecule has 0 amide bonds. The third-order valence-electron chi connectivity index (χ3n) is 3.29. The zero-order chi connectivity index (χ0) is 14.5. The fourth-order valence-corrected chi connectivity index (χ4v) is 3.08. The average Bonchev–Trinajstić information content (AvgIpc) is 2.54. The maximum Gasteiger partial charge on any atom is 0.0705 e. The number of pyridine rings is 1. The Morgan fingerprint density at radius 3 is 2.52 bits per heavy atom. The number of benzene rings is 2. The van der Waals surface area contributed by atoms with E-state index in [9.17, 15) is 5.11 Å². The van der Waals surface area contributed by atoms with Gasteiger partial charge < -0.3 is 5.11 Å². The van der Waals surface area contributed by atoms with Crippen molar-refractivity contribution in [1.82, 2.24) is 4.98 Å². The molecular formula is C18H17NOS. The Bertz CT molecular complexity index is 714. The summed E-state index contributed by atoms with van der Waals surface area (Å²) < 4.78 is 0. The molecule has 0 saturated heterocycles. The molecule has 21 heavy (non-hydrogen) atoms. The third-order valence-corrected chi connectivity index (χ3v) is 4.44. The van der Waals surface area contributed by atoms with Crippen molar-refractivity contribution >= 4 is 22.7 Å². The second kappa shape index (κ2) is 6.74. The van der Waals surface area contributed by atoms with Gasteiger partial charge in [0.1, 0.15) is 0 Å². The van der Waals surface area contributed by atoms with E-state index in [1.54, 1.807) is 11.8 Å². The summed E-state index contributed by atoms with van der Waals surface area (Å²) in [5.74, 6) is 0.679. The Balaban J connectivity index is 1.62. The molecule has 2 aromatic carbocycles. The summed E-state index contributed by atoms with van der Waals surface area (Å²) in [5.41, 5.74) is 1.92. The molecule has 0 bridgehead atoms. The first kappa shape index (κ1) is 14.1. The van der Waals surface area contributed by atoms with Gasteiger partial charge in [-0.3, -0.25) is 4.98 Å². The molecule has 3 aromatic rings. The van der Waals surface area contributed by atoms with Crippen molar-refractivity contribution in [3.8, 4) is 0 Å². The minimum Gasteiger partial charge on any atom is -0.392 e. The topological polar surface area (TPSA) is 33.1 Å². The van der Waals surface area contributed by atoms with E-state index >= 15 is 0 Å². The standard InChI is InChI=1S/C18H17NOS/c20-16(13-21-17-7-2-1-3-8-17)12-15-11-10-14-6-4-5-9-18(14)19-15/h1-11,16,20H,12-13H2. The van der Waals surface area contributed by atoms with Crippen LogP contribution in [0.15, 0.2) is 71.6 Å². The Morgan fingerprint density at radius 1 is 0.905 bits per heavy atom. The van der Waals surface area contributed by atoms with Crippen LogP contribution in [-0.2, 0) is 6.42 Å². The molecule has 0 aliphatic carbocycles. The molecule has 2 nitrogen and oxygen atoms in total. The average molecular weight is 295 g/mol. The third kappa shape index (κ3) is 3.84. The van der Waals surface area contributed by atoms with Gasteiger partial charge in [0, 0.05) is 28.1 Å². The number of thioether (sulfide) groups is 1. The Labute approximate surface area is 128 Å². The van der Waals surface area contributed by atoms with Gasteiger partial charge in [-0.05, 0) is 24.3 Å². The monoisotopic (exact) mass is 295 g/mol. The molecule has 3 rings (SSSR count). The van der Waals surface area contributed by atoms with E-state index in [0.29, 0.717) is 12.2 Å².